The van der Waals surface area contributed by atoms with Crippen molar-refractivity contribution in [3.05, 3.63) is 23.8 Å². The van der Waals surface area contributed by atoms with E-state index >= 15 is 0 Å². The zero-order chi connectivity index (χ0) is 34.7. The summed E-state index contributed by atoms with van der Waals surface area (Å²) in [5, 5.41) is 10.9. The molecule has 1 N–H and O–H groups in total. The Hall–Kier alpha value is -1.60. The molecule has 46 heavy (non-hydrogen) atoms. The number of carbonyl (C=O) groups excluding carboxylic acids is 2. The molecule has 4 saturated carbocycles. The van der Waals surface area contributed by atoms with Crippen LogP contribution in [0.15, 0.2) is 23.8 Å². The van der Waals surface area contributed by atoms with E-state index in [0.717, 1.165) is 24.5 Å². The van der Waals surface area contributed by atoms with E-state index in [1.165, 1.54) is 7.11 Å². The van der Waals surface area contributed by atoms with Gasteiger partial charge in [-0.1, -0.05) is 53.7 Å². The maximum atomic E-state index is 14.8. The third-order valence-electron chi connectivity index (χ3n) is 13.7. The first kappa shape index (κ1) is 35.7. The second kappa shape index (κ2) is 10.7. The number of hydrogen-bond donors (Lipinski definition) is 1. The van der Waals surface area contributed by atoms with Crippen LogP contribution in [0.4, 0.5) is 0 Å². The van der Waals surface area contributed by atoms with Gasteiger partial charge in [0.1, 0.15) is 12.2 Å². The molecule has 0 amide bonds. The van der Waals surface area contributed by atoms with Gasteiger partial charge in [0.05, 0.1) is 31.6 Å². The van der Waals surface area contributed by atoms with Crippen molar-refractivity contribution >= 4 is 32.0 Å². The van der Waals surface area contributed by atoms with E-state index in [-0.39, 0.29) is 28.7 Å². The third kappa shape index (κ3) is 4.93. The molecular formula is C34H52O10S2. The van der Waals surface area contributed by atoms with E-state index in [1.807, 2.05) is 6.92 Å². The minimum absolute atomic E-state index is 0.0671. The number of methoxy groups -OCH3 is 1. The van der Waals surface area contributed by atoms with Crippen LogP contribution >= 0.6 is 0 Å². The van der Waals surface area contributed by atoms with Gasteiger partial charge < -0.3 is 9.84 Å². The van der Waals surface area contributed by atoms with Crippen LogP contribution in [-0.4, -0.2) is 72.1 Å². The summed E-state index contributed by atoms with van der Waals surface area (Å²) in [5.41, 5.74) is -3.59. The minimum atomic E-state index is -4.11. The maximum Gasteiger partial charge on any atom is 0.312 e. The van der Waals surface area contributed by atoms with E-state index in [9.17, 15) is 31.5 Å². The number of fused-ring (bicyclic) bond motifs is 7. The van der Waals surface area contributed by atoms with Gasteiger partial charge in [0.15, 0.2) is 5.78 Å². The van der Waals surface area contributed by atoms with Crippen LogP contribution in [0, 0.1) is 50.2 Å². The van der Waals surface area contributed by atoms with Crippen molar-refractivity contribution in [2.45, 2.75) is 98.7 Å². The Morgan fingerprint density at radius 3 is 2.04 bits per heavy atom. The first-order chi connectivity index (χ1) is 20.9. The van der Waals surface area contributed by atoms with Crippen molar-refractivity contribution in [1.82, 2.24) is 0 Å². The topological polar surface area (TPSA) is 150 Å². The zero-order valence-corrected chi connectivity index (χ0v) is 30.4. The Morgan fingerprint density at radius 2 is 1.50 bits per heavy atom. The van der Waals surface area contributed by atoms with Crippen molar-refractivity contribution in [2.75, 3.05) is 26.2 Å². The highest BCUT2D eigenvalue weighted by Crippen LogP contribution is 2.76. The van der Waals surface area contributed by atoms with Gasteiger partial charge in [-0.25, -0.2) is 0 Å². The monoisotopic (exact) mass is 684 g/mol. The fourth-order valence-electron chi connectivity index (χ4n) is 11.3. The summed E-state index contributed by atoms with van der Waals surface area (Å²) in [7, 11) is -6.74. The number of hydrogen-bond acceptors (Lipinski definition) is 10. The fourth-order valence-corrected chi connectivity index (χ4v) is 12.7. The molecule has 5 aliphatic carbocycles. The Morgan fingerprint density at radius 1 is 0.935 bits per heavy atom. The average Bonchev–Trinajstić information content (AvgIpc) is 2.93. The quantitative estimate of drug-likeness (QED) is 0.239. The summed E-state index contributed by atoms with van der Waals surface area (Å²) in [6.07, 6.45) is 5.48. The molecule has 0 aliphatic heterocycles. The van der Waals surface area contributed by atoms with Crippen molar-refractivity contribution in [3.63, 3.8) is 0 Å². The Bertz CT molecular complexity index is 1600. The van der Waals surface area contributed by atoms with Crippen molar-refractivity contribution in [1.29, 1.82) is 0 Å². The normalized spacial score (nSPS) is 45.4. The van der Waals surface area contributed by atoms with Gasteiger partial charge in [0.2, 0.25) is 0 Å². The summed E-state index contributed by atoms with van der Waals surface area (Å²) in [6, 6.07) is 0. The van der Waals surface area contributed by atoms with Crippen LogP contribution in [0.1, 0.15) is 86.5 Å². The largest absolute Gasteiger partial charge is 0.469 e. The van der Waals surface area contributed by atoms with Crippen LogP contribution < -0.4 is 0 Å². The lowest BCUT2D eigenvalue weighted by molar-refractivity contribution is -0.198. The van der Waals surface area contributed by atoms with Crippen LogP contribution in [0.25, 0.3) is 0 Å². The molecule has 5 rings (SSSR count). The van der Waals surface area contributed by atoms with Gasteiger partial charge in [-0.05, 0) is 84.7 Å². The highest BCUT2D eigenvalue weighted by atomic mass is 32.2. The number of ketones is 1. The predicted octanol–water partition coefficient (Wildman–Crippen LogP) is 4.58. The Labute approximate surface area is 275 Å². The molecule has 4 fully saturated rings. The van der Waals surface area contributed by atoms with E-state index in [1.54, 1.807) is 13.0 Å². The molecule has 5 aliphatic rings. The molecular weight excluding hydrogens is 632 g/mol. The van der Waals surface area contributed by atoms with E-state index in [0.29, 0.717) is 38.5 Å². The first-order valence-corrected chi connectivity index (χ1v) is 19.9. The highest BCUT2D eigenvalue weighted by Gasteiger charge is 2.74. The SMILES string of the molecule is C=C1[C@@H](OS(C)(=O)=O)[C@]2(C)C3=CC(=O)[C@@H]4[C@@H]5CC(C)(C)CC[C@]5(C(=O)OC)CC[C@@]4(C)[C@]3(C)CC[C@H]2[C@](C)(CO)[C@H]1OS(C)(=O)=O. The Balaban J connectivity index is 1.74. The van der Waals surface area contributed by atoms with Crippen molar-refractivity contribution < 1.29 is 44.6 Å². The van der Waals surface area contributed by atoms with E-state index < -0.39 is 78.0 Å². The standard InChI is InChI=1S/C34H52O10S2/c1-20-26(43-45(9,38)39)30(4,19-35)23-11-12-31(5)24(33(23,7)27(20)44-46(10,40)41)17-22(36)25-21-18-29(2,3)13-15-34(21,28(37)42-8)16-14-32(25,31)6/h17,21,23,25-27,35H,1,11-16,18-19H2,2-10H3/t21-,23-,25-,26-,27+,30-,31+,32+,33-,34-/m0/s1. The molecule has 0 unspecified atom stereocenters. The van der Waals surface area contributed by atoms with E-state index in [2.05, 4.69) is 34.3 Å². The second-order valence-electron chi connectivity index (χ2n) is 16.8. The molecule has 10 atom stereocenters. The van der Waals surface area contributed by atoms with Gasteiger partial charge >= 0.3 is 5.97 Å². The summed E-state index contributed by atoms with van der Waals surface area (Å²) >= 11 is 0. The molecule has 260 valence electrons. The molecule has 0 saturated heterocycles. The molecule has 0 radical (unpaired) electrons. The first-order valence-electron chi connectivity index (χ1n) is 16.3. The predicted molar refractivity (Wildman–Crippen MR) is 172 cm³/mol. The number of aliphatic hydroxyl groups excluding tert-OH is 1. The zero-order valence-electron chi connectivity index (χ0n) is 28.8. The number of carbonyl (C=O) groups is 2. The molecule has 0 bridgehead atoms. The highest BCUT2D eigenvalue weighted by molar-refractivity contribution is 7.86. The lowest BCUT2D eigenvalue weighted by atomic mass is 9.33. The summed E-state index contributed by atoms with van der Waals surface area (Å²) < 4.78 is 67.4. The second-order valence-corrected chi connectivity index (χ2v) is 20.0. The number of esters is 1. The van der Waals surface area contributed by atoms with E-state index in [4.69, 9.17) is 13.1 Å². The molecule has 0 aromatic rings. The number of allylic oxidation sites excluding steroid dienone is 1. The molecule has 0 aromatic heterocycles. The number of ether oxygens (including phenoxy) is 1. The van der Waals surface area contributed by atoms with Crippen LogP contribution in [0.5, 0.6) is 0 Å². The van der Waals surface area contributed by atoms with Crippen LogP contribution in [-0.2, 0) is 42.9 Å². The van der Waals surface area contributed by atoms with Gasteiger partial charge in [-0.15, -0.1) is 0 Å². The summed E-state index contributed by atoms with van der Waals surface area (Å²) in [4.78, 5) is 28.3. The minimum Gasteiger partial charge on any atom is -0.469 e. The average molecular weight is 685 g/mol. The number of aliphatic hydroxyl groups is 1. The van der Waals surface area contributed by atoms with Crippen LogP contribution in [0.2, 0.25) is 0 Å². The van der Waals surface area contributed by atoms with Crippen LogP contribution in [0.3, 0.4) is 0 Å². The summed E-state index contributed by atoms with van der Waals surface area (Å²) in [5.74, 6) is -1.57. The molecule has 0 heterocycles. The molecule has 0 spiro atoms. The lowest BCUT2D eigenvalue weighted by Crippen LogP contribution is -2.70. The number of rotatable bonds is 6. The lowest BCUT2D eigenvalue weighted by Gasteiger charge is -2.71. The Kier molecular flexibility index (Phi) is 8.30. The molecule has 10 nitrogen and oxygen atoms in total. The smallest absolute Gasteiger partial charge is 0.312 e. The van der Waals surface area contributed by atoms with Gasteiger partial charge in [-0.2, -0.15) is 16.8 Å². The summed E-state index contributed by atoms with van der Waals surface area (Å²) in [6.45, 7) is 16.0. The molecule has 12 heteroatoms. The van der Waals surface area contributed by atoms with Crippen molar-refractivity contribution in [3.8, 4) is 0 Å². The molecule has 0 aromatic carbocycles. The van der Waals surface area contributed by atoms with Gasteiger partial charge in [-0.3, -0.25) is 18.0 Å². The fraction of sp³-hybridized carbons (Fsp3) is 0.824. The maximum absolute atomic E-state index is 14.8. The van der Waals surface area contributed by atoms with Crippen molar-refractivity contribution in [2.24, 2.45) is 50.2 Å². The third-order valence-corrected chi connectivity index (χ3v) is 14.8. The van der Waals surface area contributed by atoms with Gasteiger partial charge in [0, 0.05) is 16.7 Å². The van der Waals surface area contributed by atoms with Gasteiger partial charge in [0.25, 0.3) is 20.2 Å².